The first-order valence-corrected chi connectivity index (χ1v) is 7.99. The van der Waals surface area contributed by atoms with Crippen LogP contribution < -0.4 is 10.4 Å². The van der Waals surface area contributed by atoms with E-state index in [9.17, 15) is 9.59 Å². The Morgan fingerprint density at radius 3 is 2.54 bits per heavy atom. The van der Waals surface area contributed by atoms with Crippen LogP contribution in [0.1, 0.15) is 33.5 Å². The van der Waals surface area contributed by atoms with Crippen molar-refractivity contribution in [2.75, 3.05) is 0 Å². The standard InChI is InChI=1S/C20H16O4/c21-11-13-4-6-17(7-5-13)23-12-16-10-20(22)24-19-9-15-3-1-2-14(15)8-18(16)19/h4-11H,1-3,12H2. The molecule has 0 amide bonds. The zero-order valence-electron chi connectivity index (χ0n) is 13.1. The Balaban J connectivity index is 1.67. The minimum Gasteiger partial charge on any atom is -0.489 e. The predicted octanol–water partition coefficient (Wildman–Crippen LogP) is 3.67. The van der Waals surface area contributed by atoms with E-state index in [1.54, 1.807) is 24.3 Å². The van der Waals surface area contributed by atoms with Gasteiger partial charge in [0, 0.05) is 22.6 Å². The summed E-state index contributed by atoms with van der Waals surface area (Å²) in [5.41, 5.74) is 4.27. The topological polar surface area (TPSA) is 56.5 Å². The molecule has 0 aliphatic heterocycles. The number of aldehydes is 1. The molecule has 0 radical (unpaired) electrons. The fraction of sp³-hybridized carbons (Fsp3) is 0.200. The lowest BCUT2D eigenvalue weighted by Gasteiger charge is -2.10. The SMILES string of the molecule is O=Cc1ccc(OCc2cc(=O)oc3cc4c(cc23)CCC4)cc1. The monoisotopic (exact) mass is 320 g/mol. The first-order valence-electron chi connectivity index (χ1n) is 7.99. The number of ether oxygens (including phenoxy) is 1. The summed E-state index contributed by atoms with van der Waals surface area (Å²) in [4.78, 5) is 22.5. The van der Waals surface area contributed by atoms with E-state index in [1.165, 1.54) is 17.2 Å². The lowest BCUT2D eigenvalue weighted by atomic mass is 10.0. The van der Waals surface area contributed by atoms with Crippen LogP contribution >= 0.6 is 0 Å². The Hall–Kier alpha value is -2.88. The van der Waals surface area contributed by atoms with Gasteiger partial charge in [0.15, 0.2) is 0 Å². The second-order valence-electron chi connectivity index (χ2n) is 6.04. The largest absolute Gasteiger partial charge is 0.489 e. The van der Waals surface area contributed by atoms with Crippen LogP contribution in [0.3, 0.4) is 0 Å². The van der Waals surface area contributed by atoms with Gasteiger partial charge in [-0.3, -0.25) is 4.79 Å². The maximum atomic E-state index is 11.8. The summed E-state index contributed by atoms with van der Waals surface area (Å²) in [6.45, 7) is 0.279. The molecular weight excluding hydrogens is 304 g/mol. The fourth-order valence-electron chi connectivity index (χ4n) is 3.22. The van der Waals surface area contributed by atoms with E-state index in [1.807, 2.05) is 6.07 Å². The maximum Gasteiger partial charge on any atom is 0.336 e. The molecule has 4 heteroatoms. The first-order chi connectivity index (χ1) is 11.7. The lowest BCUT2D eigenvalue weighted by molar-refractivity contribution is 0.112. The lowest BCUT2D eigenvalue weighted by Crippen LogP contribution is -2.04. The molecular formula is C20H16O4. The van der Waals surface area contributed by atoms with Crippen molar-refractivity contribution in [1.82, 2.24) is 0 Å². The summed E-state index contributed by atoms with van der Waals surface area (Å²) in [6, 6.07) is 12.5. The average Bonchev–Trinajstić information content (AvgIpc) is 3.05. The Morgan fingerprint density at radius 2 is 1.79 bits per heavy atom. The van der Waals surface area contributed by atoms with Gasteiger partial charge in [0.05, 0.1) is 0 Å². The number of carbonyl (C=O) groups is 1. The number of benzene rings is 2. The van der Waals surface area contributed by atoms with Gasteiger partial charge in [-0.2, -0.15) is 0 Å². The van der Waals surface area contributed by atoms with Crippen LogP contribution in [0.5, 0.6) is 5.75 Å². The van der Waals surface area contributed by atoms with Crippen molar-refractivity contribution in [3.05, 3.63) is 75.1 Å². The summed E-state index contributed by atoms with van der Waals surface area (Å²) in [5.74, 6) is 0.656. The highest BCUT2D eigenvalue weighted by Gasteiger charge is 2.15. The number of fused-ring (bicyclic) bond motifs is 2. The third-order valence-electron chi connectivity index (χ3n) is 4.45. The zero-order valence-corrected chi connectivity index (χ0v) is 13.1. The van der Waals surface area contributed by atoms with Crippen LogP contribution in [-0.2, 0) is 19.4 Å². The molecule has 2 aromatic carbocycles. The molecule has 0 unspecified atom stereocenters. The molecule has 1 heterocycles. The minimum absolute atomic E-state index is 0.279. The van der Waals surface area contributed by atoms with Gasteiger partial charge in [-0.15, -0.1) is 0 Å². The van der Waals surface area contributed by atoms with Crippen LogP contribution in [0.15, 0.2) is 51.7 Å². The molecule has 1 aliphatic rings. The fourth-order valence-corrected chi connectivity index (χ4v) is 3.22. The van der Waals surface area contributed by atoms with E-state index in [0.29, 0.717) is 16.9 Å². The van der Waals surface area contributed by atoms with E-state index in [0.717, 1.165) is 36.5 Å². The van der Waals surface area contributed by atoms with Gasteiger partial charge in [-0.1, -0.05) is 0 Å². The molecule has 1 aliphatic carbocycles. The summed E-state index contributed by atoms with van der Waals surface area (Å²) in [5, 5.41) is 0.930. The highest BCUT2D eigenvalue weighted by Crippen LogP contribution is 2.29. The molecule has 3 aromatic rings. The average molecular weight is 320 g/mol. The highest BCUT2D eigenvalue weighted by atomic mass is 16.5. The Labute approximate surface area is 138 Å². The molecule has 0 N–H and O–H groups in total. The van der Waals surface area contributed by atoms with Gasteiger partial charge in [0.1, 0.15) is 24.2 Å². The number of aryl methyl sites for hydroxylation is 2. The molecule has 24 heavy (non-hydrogen) atoms. The summed E-state index contributed by atoms with van der Waals surface area (Å²) in [6.07, 6.45) is 4.04. The zero-order chi connectivity index (χ0) is 16.5. The van der Waals surface area contributed by atoms with Crippen molar-refractivity contribution in [3.63, 3.8) is 0 Å². The van der Waals surface area contributed by atoms with Crippen molar-refractivity contribution >= 4 is 17.3 Å². The second kappa shape index (κ2) is 5.96. The number of hydrogen-bond donors (Lipinski definition) is 0. The molecule has 0 fully saturated rings. The van der Waals surface area contributed by atoms with Crippen molar-refractivity contribution in [2.24, 2.45) is 0 Å². The van der Waals surface area contributed by atoms with Crippen LogP contribution in [0.25, 0.3) is 11.0 Å². The normalized spacial score (nSPS) is 13.0. The smallest absolute Gasteiger partial charge is 0.336 e. The van der Waals surface area contributed by atoms with Gasteiger partial charge in [0.25, 0.3) is 0 Å². The molecule has 120 valence electrons. The van der Waals surface area contributed by atoms with E-state index < -0.39 is 0 Å². The molecule has 0 saturated carbocycles. The van der Waals surface area contributed by atoms with Crippen molar-refractivity contribution in [2.45, 2.75) is 25.9 Å². The molecule has 0 atom stereocenters. The van der Waals surface area contributed by atoms with E-state index in [-0.39, 0.29) is 12.2 Å². The summed E-state index contributed by atoms with van der Waals surface area (Å²) >= 11 is 0. The summed E-state index contributed by atoms with van der Waals surface area (Å²) < 4.78 is 11.1. The minimum atomic E-state index is -0.365. The Kier molecular flexibility index (Phi) is 3.65. The van der Waals surface area contributed by atoms with Crippen LogP contribution in [0.4, 0.5) is 0 Å². The van der Waals surface area contributed by atoms with Crippen LogP contribution in [-0.4, -0.2) is 6.29 Å². The molecule has 0 spiro atoms. The predicted molar refractivity (Wildman–Crippen MR) is 90.7 cm³/mol. The van der Waals surface area contributed by atoms with Gasteiger partial charge >= 0.3 is 5.63 Å². The van der Waals surface area contributed by atoms with Crippen molar-refractivity contribution < 1.29 is 13.9 Å². The van der Waals surface area contributed by atoms with Crippen LogP contribution in [0.2, 0.25) is 0 Å². The van der Waals surface area contributed by atoms with Crippen molar-refractivity contribution in [1.29, 1.82) is 0 Å². The third-order valence-corrected chi connectivity index (χ3v) is 4.45. The Morgan fingerprint density at radius 1 is 1.04 bits per heavy atom. The number of hydrogen-bond acceptors (Lipinski definition) is 4. The first kappa shape index (κ1) is 14.7. The van der Waals surface area contributed by atoms with E-state index in [2.05, 4.69) is 6.07 Å². The van der Waals surface area contributed by atoms with Gasteiger partial charge in [-0.05, 0) is 66.8 Å². The molecule has 4 nitrogen and oxygen atoms in total. The quantitative estimate of drug-likeness (QED) is 0.543. The van der Waals surface area contributed by atoms with Crippen molar-refractivity contribution in [3.8, 4) is 5.75 Å². The van der Waals surface area contributed by atoms with E-state index in [4.69, 9.17) is 9.15 Å². The van der Waals surface area contributed by atoms with Gasteiger partial charge in [-0.25, -0.2) is 4.79 Å². The van der Waals surface area contributed by atoms with E-state index >= 15 is 0 Å². The molecule has 0 bridgehead atoms. The Bertz CT molecular complexity index is 967. The molecule has 4 rings (SSSR count). The summed E-state index contributed by atoms with van der Waals surface area (Å²) in [7, 11) is 0. The number of carbonyl (C=O) groups excluding carboxylic acids is 1. The molecule has 0 saturated heterocycles. The van der Waals surface area contributed by atoms with Gasteiger partial charge in [0.2, 0.25) is 0 Å². The maximum absolute atomic E-state index is 11.8. The third kappa shape index (κ3) is 2.71. The van der Waals surface area contributed by atoms with Crippen LogP contribution in [0, 0.1) is 0 Å². The second-order valence-corrected chi connectivity index (χ2v) is 6.04. The highest BCUT2D eigenvalue weighted by molar-refractivity contribution is 5.82. The van der Waals surface area contributed by atoms with Gasteiger partial charge < -0.3 is 9.15 Å². The number of rotatable bonds is 4. The molecule has 1 aromatic heterocycles.